The molecule has 0 aliphatic carbocycles. The molecule has 0 aliphatic heterocycles. The molecular weight excluding hydrogens is 737 g/mol. The van der Waals surface area contributed by atoms with Crippen LogP contribution < -0.4 is 0 Å². The van der Waals surface area contributed by atoms with Crippen molar-refractivity contribution in [3.63, 3.8) is 0 Å². The van der Waals surface area contributed by atoms with Gasteiger partial charge in [0.25, 0.3) is 0 Å². The Hall–Kier alpha value is -6.84. The maximum Gasteiger partial charge on any atom is 0.0448 e. The summed E-state index contributed by atoms with van der Waals surface area (Å²) in [7, 11) is 0. The highest BCUT2D eigenvalue weighted by molar-refractivity contribution is 7.30. The minimum Gasteiger partial charge on any atom is -0.134 e. The van der Waals surface area contributed by atoms with Crippen molar-refractivity contribution >= 4 is 117 Å². The predicted octanol–water partition coefficient (Wildman–Crippen LogP) is 17.2. The molecule has 0 saturated carbocycles. The quantitative estimate of drug-likeness (QED) is 0.157. The number of hydrogen-bond donors (Lipinski definition) is 0. The Bertz CT molecular complexity index is 3800. The fourth-order valence-electron chi connectivity index (χ4n) is 9.84. The molecule has 58 heavy (non-hydrogen) atoms. The highest BCUT2D eigenvalue weighted by Gasteiger charge is 2.20. The monoisotopic (exact) mass is 768 g/mol. The second-order valence-electron chi connectivity index (χ2n) is 15.5. The predicted molar refractivity (Wildman–Crippen MR) is 256 cm³/mol. The zero-order valence-electron chi connectivity index (χ0n) is 31.3. The van der Waals surface area contributed by atoms with Crippen LogP contribution in [0.5, 0.6) is 0 Å². The van der Waals surface area contributed by atoms with Crippen LogP contribution in [0.4, 0.5) is 0 Å². The van der Waals surface area contributed by atoms with Crippen molar-refractivity contribution in [2.45, 2.75) is 0 Å². The molecule has 0 N–H and O–H groups in total. The number of thiophene rings is 2. The molecule has 0 unspecified atom stereocenters. The molecule has 0 saturated heterocycles. The second kappa shape index (κ2) is 12.3. The summed E-state index contributed by atoms with van der Waals surface area (Å²) in [5.41, 5.74) is 7.58. The highest BCUT2D eigenvalue weighted by atomic mass is 32.1. The van der Waals surface area contributed by atoms with Crippen LogP contribution in [0.25, 0.3) is 128 Å². The van der Waals surface area contributed by atoms with Gasteiger partial charge in [-0.2, -0.15) is 0 Å². The van der Waals surface area contributed by atoms with Gasteiger partial charge in [0.05, 0.1) is 0 Å². The summed E-state index contributed by atoms with van der Waals surface area (Å²) >= 11 is 3.85. The lowest BCUT2D eigenvalue weighted by atomic mass is 9.83. The van der Waals surface area contributed by atoms with Gasteiger partial charge in [0, 0.05) is 40.3 Å². The fourth-order valence-corrected chi connectivity index (χ4v) is 12.4. The summed E-state index contributed by atoms with van der Waals surface area (Å²) in [4.78, 5) is 0. The minimum absolute atomic E-state index is 1.24. The Labute approximate surface area is 342 Å². The normalized spacial score (nSPS) is 12.1. The van der Waals surface area contributed by atoms with Crippen LogP contribution in [-0.4, -0.2) is 0 Å². The number of benzene rings is 11. The largest absolute Gasteiger partial charge is 0.134 e. The molecular formula is C56H32S2. The number of fused-ring (bicyclic) bond motifs is 13. The third-order valence-electron chi connectivity index (χ3n) is 12.4. The molecule has 0 bridgehead atoms. The Kier molecular flexibility index (Phi) is 6.86. The van der Waals surface area contributed by atoms with Crippen LogP contribution in [-0.2, 0) is 0 Å². The molecule has 11 aromatic carbocycles. The highest BCUT2D eigenvalue weighted by Crippen LogP contribution is 2.49. The summed E-state index contributed by atoms with van der Waals surface area (Å²) in [5.74, 6) is 0. The Morgan fingerprint density at radius 1 is 0.259 bits per heavy atom. The van der Waals surface area contributed by atoms with E-state index >= 15 is 0 Å². The molecule has 13 rings (SSSR count). The van der Waals surface area contributed by atoms with E-state index in [9.17, 15) is 0 Å². The van der Waals surface area contributed by atoms with Crippen molar-refractivity contribution in [1.82, 2.24) is 0 Å². The van der Waals surface area contributed by atoms with Crippen molar-refractivity contribution < 1.29 is 0 Å². The lowest BCUT2D eigenvalue weighted by molar-refractivity contribution is 1.66. The number of rotatable bonds is 3. The van der Waals surface area contributed by atoms with E-state index in [1.54, 1.807) is 0 Å². The lowest BCUT2D eigenvalue weighted by Crippen LogP contribution is -1.92. The first-order chi connectivity index (χ1) is 28.8. The van der Waals surface area contributed by atoms with E-state index in [0.717, 1.165) is 0 Å². The van der Waals surface area contributed by atoms with Gasteiger partial charge in [-0.25, -0.2) is 0 Å². The molecule has 2 heterocycles. The zero-order valence-corrected chi connectivity index (χ0v) is 32.9. The van der Waals surface area contributed by atoms with Crippen LogP contribution in [0, 0.1) is 0 Å². The molecule has 0 atom stereocenters. The van der Waals surface area contributed by atoms with Gasteiger partial charge < -0.3 is 0 Å². The van der Waals surface area contributed by atoms with Gasteiger partial charge >= 0.3 is 0 Å². The van der Waals surface area contributed by atoms with Gasteiger partial charge in [-0.1, -0.05) is 170 Å². The van der Waals surface area contributed by atoms with Crippen molar-refractivity contribution in [2.24, 2.45) is 0 Å². The van der Waals surface area contributed by atoms with Crippen LogP contribution >= 0.6 is 22.7 Å². The van der Waals surface area contributed by atoms with E-state index in [2.05, 4.69) is 194 Å². The van der Waals surface area contributed by atoms with Crippen LogP contribution in [0.15, 0.2) is 194 Å². The summed E-state index contributed by atoms with van der Waals surface area (Å²) in [6.45, 7) is 0. The molecule has 0 aliphatic rings. The van der Waals surface area contributed by atoms with Gasteiger partial charge in [-0.15, -0.1) is 22.7 Å². The van der Waals surface area contributed by atoms with E-state index < -0.39 is 0 Å². The smallest absolute Gasteiger partial charge is 0.0448 e. The molecule has 0 radical (unpaired) electrons. The molecule has 0 fully saturated rings. The van der Waals surface area contributed by atoms with E-state index in [1.165, 1.54) is 128 Å². The van der Waals surface area contributed by atoms with Gasteiger partial charge in [-0.3, -0.25) is 0 Å². The van der Waals surface area contributed by atoms with Crippen LogP contribution in [0.3, 0.4) is 0 Å². The molecule has 13 aromatic rings. The standard InChI is InChI=1S/C56H32S2/c1-2-12-34-31-37(22-21-33(34)11-1)52-43-16-5-7-18-45(43)53(46-19-8-6-17-44(46)52)47-28-27-38(40-13-3-4-14-41(40)47)35-23-25-39-36(32-35)24-26-49-54-51(58-55(39)49)30-29-48-42-15-9-10-20-50(42)57-56(48)54/h1-32H. The summed E-state index contributed by atoms with van der Waals surface area (Å²) in [6.07, 6.45) is 0. The fraction of sp³-hybridized carbons (Fsp3) is 0. The minimum atomic E-state index is 1.24. The Morgan fingerprint density at radius 2 is 0.793 bits per heavy atom. The molecule has 268 valence electrons. The van der Waals surface area contributed by atoms with Gasteiger partial charge in [0.15, 0.2) is 0 Å². The van der Waals surface area contributed by atoms with E-state index in [1.807, 2.05) is 22.7 Å². The second-order valence-corrected chi connectivity index (χ2v) is 17.6. The van der Waals surface area contributed by atoms with Gasteiger partial charge in [-0.05, 0) is 112 Å². The average molecular weight is 769 g/mol. The van der Waals surface area contributed by atoms with Crippen molar-refractivity contribution in [1.29, 1.82) is 0 Å². The van der Waals surface area contributed by atoms with Crippen LogP contribution in [0.1, 0.15) is 0 Å². The molecule has 2 aromatic heterocycles. The molecule has 0 spiro atoms. The number of hydrogen-bond acceptors (Lipinski definition) is 2. The Balaban J connectivity index is 0.997. The molecule has 0 amide bonds. The SMILES string of the molecule is c1ccc2cc(-c3c4ccccc4c(-c4ccc(-c5ccc6c(ccc7c6sc6ccc8c9ccccc9sc8c67)c5)c5ccccc45)c4ccccc34)ccc2c1. The van der Waals surface area contributed by atoms with E-state index in [4.69, 9.17) is 0 Å². The van der Waals surface area contributed by atoms with Crippen molar-refractivity contribution in [2.75, 3.05) is 0 Å². The average Bonchev–Trinajstić information content (AvgIpc) is 3.86. The maximum atomic E-state index is 2.40. The van der Waals surface area contributed by atoms with E-state index in [-0.39, 0.29) is 0 Å². The maximum absolute atomic E-state index is 2.40. The van der Waals surface area contributed by atoms with Gasteiger partial charge in [0.1, 0.15) is 0 Å². The zero-order chi connectivity index (χ0) is 37.9. The molecule has 0 nitrogen and oxygen atoms in total. The van der Waals surface area contributed by atoms with Crippen LogP contribution in [0.2, 0.25) is 0 Å². The van der Waals surface area contributed by atoms with Crippen molar-refractivity contribution in [3.05, 3.63) is 194 Å². The van der Waals surface area contributed by atoms with E-state index in [0.29, 0.717) is 0 Å². The summed E-state index contributed by atoms with van der Waals surface area (Å²) in [6, 6.07) is 72.5. The third kappa shape index (κ3) is 4.62. The Morgan fingerprint density at radius 3 is 1.57 bits per heavy atom. The topological polar surface area (TPSA) is 0 Å². The summed E-state index contributed by atoms with van der Waals surface area (Å²) < 4.78 is 5.48. The summed E-state index contributed by atoms with van der Waals surface area (Å²) in [5, 5.41) is 18.2. The van der Waals surface area contributed by atoms with Gasteiger partial charge in [0.2, 0.25) is 0 Å². The first kappa shape index (κ1) is 32.3. The van der Waals surface area contributed by atoms with Crippen molar-refractivity contribution in [3.8, 4) is 33.4 Å². The molecule has 2 heteroatoms. The first-order valence-corrected chi connectivity index (χ1v) is 21.5. The third-order valence-corrected chi connectivity index (χ3v) is 14.8. The first-order valence-electron chi connectivity index (χ1n) is 19.9. The lowest BCUT2D eigenvalue weighted by Gasteiger charge is -2.20.